The Labute approximate surface area is 109 Å². The zero-order valence-corrected chi connectivity index (χ0v) is 11.6. The summed E-state index contributed by atoms with van der Waals surface area (Å²) in [5, 5.41) is 4.46. The van der Waals surface area contributed by atoms with Crippen LogP contribution in [-0.2, 0) is 0 Å². The summed E-state index contributed by atoms with van der Waals surface area (Å²) in [6.45, 7) is 8.90. The molecule has 2 nitrogen and oxygen atoms in total. The van der Waals surface area contributed by atoms with Crippen molar-refractivity contribution in [3.05, 3.63) is 29.3 Å². The summed E-state index contributed by atoms with van der Waals surface area (Å²) in [5.74, 6) is 0. The standard InChI is InChI=1S/C14H21ClN2/c1-11-8-9-17(10-14(2,3)16-11)13-6-4-12(15)5-7-13/h4-7,11,16H,8-10H2,1-3H3. The molecule has 0 spiro atoms. The highest BCUT2D eigenvalue weighted by molar-refractivity contribution is 6.30. The third-order valence-corrected chi connectivity index (χ3v) is 3.50. The van der Waals surface area contributed by atoms with Crippen molar-refractivity contribution in [2.75, 3.05) is 18.0 Å². The number of anilines is 1. The summed E-state index contributed by atoms with van der Waals surface area (Å²) in [5.41, 5.74) is 1.41. The van der Waals surface area contributed by atoms with Gasteiger partial charge in [0.2, 0.25) is 0 Å². The number of rotatable bonds is 1. The van der Waals surface area contributed by atoms with Gasteiger partial charge < -0.3 is 10.2 Å². The fourth-order valence-corrected chi connectivity index (χ4v) is 2.69. The van der Waals surface area contributed by atoms with E-state index in [1.54, 1.807) is 0 Å². The molecule has 0 amide bonds. The molecule has 1 aliphatic rings. The maximum Gasteiger partial charge on any atom is 0.0407 e. The molecule has 1 aliphatic heterocycles. The number of nitrogens with zero attached hydrogens (tertiary/aromatic N) is 1. The summed E-state index contributed by atoms with van der Waals surface area (Å²) < 4.78 is 0. The molecule has 0 bridgehead atoms. The van der Waals surface area contributed by atoms with Gasteiger partial charge in [0.25, 0.3) is 0 Å². The van der Waals surface area contributed by atoms with Gasteiger partial charge >= 0.3 is 0 Å². The fourth-order valence-electron chi connectivity index (χ4n) is 2.56. The van der Waals surface area contributed by atoms with E-state index in [0.29, 0.717) is 6.04 Å². The first-order valence-electron chi connectivity index (χ1n) is 6.24. The van der Waals surface area contributed by atoms with Crippen LogP contribution < -0.4 is 10.2 Å². The van der Waals surface area contributed by atoms with Crippen molar-refractivity contribution in [3.63, 3.8) is 0 Å². The Morgan fingerprint density at radius 3 is 2.59 bits per heavy atom. The minimum absolute atomic E-state index is 0.148. The van der Waals surface area contributed by atoms with Crippen LogP contribution in [0.4, 0.5) is 5.69 Å². The molecule has 0 aromatic heterocycles. The van der Waals surface area contributed by atoms with Crippen molar-refractivity contribution >= 4 is 17.3 Å². The molecular weight excluding hydrogens is 232 g/mol. The minimum Gasteiger partial charge on any atom is -0.370 e. The molecule has 1 saturated heterocycles. The molecule has 94 valence electrons. The maximum atomic E-state index is 5.93. The second-order valence-corrected chi connectivity index (χ2v) is 6.05. The molecule has 0 saturated carbocycles. The third-order valence-electron chi connectivity index (χ3n) is 3.25. The van der Waals surface area contributed by atoms with Gasteiger partial charge in [-0.15, -0.1) is 0 Å². The van der Waals surface area contributed by atoms with Gasteiger partial charge in [-0.1, -0.05) is 11.6 Å². The average molecular weight is 253 g/mol. The van der Waals surface area contributed by atoms with E-state index in [0.717, 1.165) is 18.1 Å². The number of hydrogen-bond donors (Lipinski definition) is 1. The minimum atomic E-state index is 0.148. The summed E-state index contributed by atoms with van der Waals surface area (Å²) in [6, 6.07) is 8.71. The van der Waals surface area contributed by atoms with Gasteiger partial charge in [-0.05, 0) is 51.5 Å². The largest absolute Gasteiger partial charge is 0.370 e. The van der Waals surface area contributed by atoms with Gasteiger partial charge in [-0.25, -0.2) is 0 Å². The molecule has 1 aromatic rings. The van der Waals surface area contributed by atoms with Crippen LogP contribution in [0.1, 0.15) is 27.2 Å². The predicted molar refractivity (Wildman–Crippen MR) is 75.0 cm³/mol. The van der Waals surface area contributed by atoms with Crippen LogP contribution in [0.25, 0.3) is 0 Å². The van der Waals surface area contributed by atoms with Crippen molar-refractivity contribution in [2.24, 2.45) is 0 Å². The second-order valence-electron chi connectivity index (χ2n) is 5.62. The van der Waals surface area contributed by atoms with Gasteiger partial charge in [0.05, 0.1) is 0 Å². The fraction of sp³-hybridized carbons (Fsp3) is 0.571. The van der Waals surface area contributed by atoms with Gasteiger partial charge in [0.1, 0.15) is 0 Å². The van der Waals surface area contributed by atoms with Crippen LogP contribution >= 0.6 is 11.6 Å². The summed E-state index contributed by atoms with van der Waals surface area (Å²) in [7, 11) is 0. The Morgan fingerprint density at radius 1 is 1.29 bits per heavy atom. The molecule has 1 unspecified atom stereocenters. The van der Waals surface area contributed by atoms with Crippen molar-refractivity contribution in [1.29, 1.82) is 0 Å². The Hall–Kier alpha value is -0.730. The van der Waals surface area contributed by atoms with E-state index in [4.69, 9.17) is 11.6 Å². The lowest BCUT2D eigenvalue weighted by Crippen LogP contribution is -2.48. The van der Waals surface area contributed by atoms with Gasteiger partial charge in [0.15, 0.2) is 0 Å². The first-order valence-corrected chi connectivity index (χ1v) is 6.62. The predicted octanol–water partition coefficient (Wildman–Crippen LogP) is 3.31. The van der Waals surface area contributed by atoms with Crippen molar-refractivity contribution < 1.29 is 0 Å². The van der Waals surface area contributed by atoms with E-state index in [9.17, 15) is 0 Å². The normalized spacial score (nSPS) is 24.5. The van der Waals surface area contributed by atoms with E-state index >= 15 is 0 Å². The highest BCUT2D eigenvalue weighted by Gasteiger charge is 2.27. The molecule has 1 N–H and O–H groups in total. The molecular formula is C14H21ClN2. The first kappa shape index (κ1) is 12.7. The molecule has 2 rings (SSSR count). The Bertz CT molecular complexity index is 372. The number of halogens is 1. The third kappa shape index (κ3) is 3.36. The lowest BCUT2D eigenvalue weighted by Gasteiger charge is -2.32. The van der Waals surface area contributed by atoms with Crippen molar-refractivity contribution in [1.82, 2.24) is 5.32 Å². The second kappa shape index (κ2) is 4.87. The maximum absolute atomic E-state index is 5.93. The van der Waals surface area contributed by atoms with Gasteiger partial charge in [-0.3, -0.25) is 0 Å². The topological polar surface area (TPSA) is 15.3 Å². The highest BCUT2D eigenvalue weighted by atomic mass is 35.5. The highest BCUT2D eigenvalue weighted by Crippen LogP contribution is 2.23. The van der Waals surface area contributed by atoms with E-state index in [1.165, 1.54) is 12.1 Å². The van der Waals surface area contributed by atoms with Crippen LogP contribution in [0.2, 0.25) is 5.02 Å². The lowest BCUT2D eigenvalue weighted by atomic mass is 10.0. The summed E-state index contributed by atoms with van der Waals surface area (Å²) >= 11 is 5.93. The first-order chi connectivity index (χ1) is 7.96. The van der Waals surface area contributed by atoms with Crippen LogP contribution in [0.5, 0.6) is 0 Å². The van der Waals surface area contributed by atoms with Crippen LogP contribution in [0, 0.1) is 0 Å². The average Bonchev–Trinajstić information content (AvgIpc) is 2.37. The molecule has 0 aliphatic carbocycles. The quantitative estimate of drug-likeness (QED) is 0.825. The smallest absolute Gasteiger partial charge is 0.0407 e. The summed E-state index contributed by atoms with van der Waals surface area (Å²) in [6.07, 6.45) is 1.17. The lowest BCUT2D eigenvalue weighted by molar-refractivity contribution is 0.368. The Morgan fingerprint density at radius 2 is 1.94 bits per heavy atom. The monoisotopic (exact) mass is 252 g/mol. The van der Waals surface area contributed by atoms with E-state index < -0.39 is 0 Å². The van der Waals surface area contributed by atoms with Crippen molar-refractivity contribution in [3.8, 4) is 0 Å². The van der Waals surface area contributed by atoms with Crippen LogP contribution in [0.15, 0.2) is 24.3 Å². The van der Waals surface area contributed by atoms with Gasteiger partial charge in [0, 0.05) is 35.4 Å². The molecule has 3 heteroatoms. The zero-order valence-electron chi connectivity index (χ0n) is 10.8. The molecule has 1 atom stereocenters. The van der Waals surface area contributed by atoms with Crippen LogP contribution in [0.3, 0.4) is 0 Å². The summed E-state index contributed by atoms with van der Waals surface area (Å²) in [4.78, 5) is 2.44. The van der Waals surface area contributed by atoms with Gasteiger partial charge in [-0.2, -0.15) is 0 Å². The van der Waals surface area contributed by atoms with E-state index in [-0.39, 0.29) is 5.54 Å². The Kier molecular flexibility index (Phi) is 3.64. The van der Waals surface area contributed by atoms with Crippen molar-refractivity contribution in [2.45, 2.75) is 38.8 Å². The molecule has 1 heterocycles. The SMILES string of the molecule is CC1CCN(c2ccc(Cl)cc2)CC(C)(C)N1. The molecule has 1 fully saturated rings. The molecule has 0 radical (unpaired) electrons. The Balaban J connectivity index is 2.17. The van der Waals surface area contributed by atoms with Crippen LogP contribution in [-0.4, -0.2) is 24.7 Å². The molecule has 1 aromatic carbocycles. The molecule has 17 heavy (non-hydrogen) atoms. The number of nitrogens with one attached hydrogen (secondary N) is 1. The van der Waals surface area contributed by atoms with E-state index in [1.807, 2.05) is 12.1 Å². The number of benzene rings is 1. The van der Waals surface area contributed by atoms with E-state index in [2.05, 4.69) is 43.1 Å². The zero-order chi connectivity index (χ0) is 12.5. The number of hydrogen-bond acceptors (Lipinski definition) is 2.